The Kier molecular flexibility index (Phi) is 5.13. The van der Waals surface area contributed by atoms with Crippen molar-refractivity contribution in [3.8, 4) is 0 Å². The van der Waals surface area contributed by atoms with E-state index in [9.17, 15) is 5.11 Å². The van der Waals surface area contributed by atoms with Gasteiger partial charge in [-0.05, 0) is 19.4 Å². The van der Waals surface area contributed by atoms with E-state index in [-0.39, 0.29) is 12.4 Å². The van der Waals surface area contributed by atoms with E-state index in [0.717, 1.165) is 5.56 Å². The van der Waals surface area contributed by atoms with Crippen LogP contribution in [-0.4, -0.2) is 16.7 Å². The molecule has 1 rings (SSSR count). The summed E-state index contributed by atoms with van der Waals surface area (Å²) in [6, 6.07) is 9.88. The van der Waals surface area contributed by atoms with Crippen LogP contribution < -0.4 is 5.73 Å². The molecular formula is C11H18ClNO. The summed E-state index contributed by atoms with van der Waals surface area (Å²) in [7, 11) is 0. The van der Waals surface area contributed by atoms with Crippen LogP contribution in [0.4, 0.5) is 0 Å². The van der Waals surface area contributed by atoms with E-state index >= 15 is 0 Å². The van der Waals surface area contributed by atoms with E-state index in [4.69, 9.17) is 5.73 Å². The average molecular weight is 216 g/mol. The first-order valence-corrected chi connectivity index (χ1v) is 4.51. The molecule has 0 fully saturated rings. The molecule has 0 saturated heterocycles. The maximum Gasteiger partial charge on any atom is 0.0754 e. The van der Waals surface area contributed by atoms with Crippen LogP contribution in [0, 0.1) is 0 Å². The van der Waals surface area contributed by atoms with Crippen molar-refractivity contribution in [2.24, 2.45) is 5.73 Å². The summed E-state index contributed by atoms with van der Waals surface area (Å²) >= 11 is 0. The van der Waals surface area contributed by atoms with Crippen molar-refractivity contribution in [3.63, 3.8) is 0 Å². The zero-order valence-corrected chi connectivity index (χ0v) is 9.42. The molecule has 0 bridgehead atoms. The number of hydrogen-bond donors (Lipinski definition) is 2. The van der Waals surface area contributed by atoms with E-state index in [0.29, 0.717) is 6.42 Å². The summed E-state index contributed by atoms with van der Waals surface area (Å²) in [5, 5.41) is 9.71. The first kappa shape index (κ1) is 13.4. The lowest BCUT2D eigenvalue weighted by molar-refractivity contribution is 0.104. The minimum Gasteiger partial charge on any atom is -0.391 e. The van der Waals surface area contributed by atoms with Crippen LogP contribution in [-0.2, 0) is 6.42 Å². The molecule has 0 heterocycles. The van der Waals surface area contributed by atoms with E-state index < -0.39 is 11.6 Å². The third-order valence-electron chi connectivity index (χ3n) is 2.13. The number of nitrogens with two attached hydrogens (primary N) is 1. The largest absolute Gasteiger partial charge is 0.391 e. The standard InChI is InChI=1S/C11H17NO.ClH/c1-11(2,12)10(13)8-9-6-4-3-5-7-9;/h3-7,10,13H,8,12H2,1-2H3;1H. The fourth-order valence-electron chi connectivity index (χ4n) is 1.10. The van der Waals surface area contributed by atoms with E-state index in [1.165, 1.54) is 0 Å². The lowest BCUT2D eigenvalue weighted by Crippen LogP contribution is -2.46. The van der Waals surface area contributed by atoms with Crippen LogP contribution >= 0.6 is 12.4 Å². The van der Waals surface area contributed by atoms with Gasteiger partial charge < -0.3 is 10.8 Å². The SMILES string of the molecule is CC(C)(N)C(O)Cc1ccccc1.Cl. The van der Waals surface area contributed by atoms with Crippen LogP contribution in [0.15, 0.2) is 30.3 Å². The van der Waals surface area contributed by atoms with Crippen molar-refractivity contribution < 1.29 is 5.11 Å². The van der Waals surface area contributed by atoms with Gasteiger partial charge in [0.2, 0.25) is 0 Å². The summed E-state index contributed by atoms with van der Waals surface area (Å²) in [4.78, 5) is 0. The van der Waals surface area contributed by atoms with Crippen molar-refractivity contribution in [1.82, 2.24) is 0 Å². The minimum absolute atomic E-state index is 0. The normalized spacial score (nSPS) is 13.1. The monoisotopic (exact) mass is 215 g/mol. The third-order valence-corrected chi connectivity index (χ3v) is 2.13. The van der Waals surface area contributed by atoms with Crippen molar-refractivity contribution in [1.29, 1.82) is 0 Å². The summed E-state index contributed by atoms with van der Waals surface area (Å²) in [5.41, 5.74) is 6.36. The van der Waals surface area contributed by atoms with Crippen LogP contribution in [0.25, 0.3) is 0 Å². The molecule has 0 aliphatic rings. The highest BCUT2D eigenvalue weighted by molar-refractivity contribution is 5.85. The smallest absolute Gasteiger partial charge is 0.0754 e. The Morgan fingerprint density at radius 3 is 2.21 bits per heavy atom. The fraction of sp³-hybridized carbons (Fsp3) is 0.455. The molecule has 0 aliphatic carbocycles. The van der Waals surface area contributed by atoms with Gasteiger partial charge in [-0.1, -0.05) is 30.3 Å². The Morgan fingerprint density at radius 1 is 1.29 bits per heavy atom. The van der Waals surface area contributed by atoms with Gasteiger partial charge in [0.15, 0.2) is 0 Å². The van der Waals surface area contributed by atoms with Crippen molar-refractivity contribution in [2.45, 2.75) is 31.9 Å². The zero-order chi connectivity index (χ0) is 9.90. The first-order chi connectivity index (χ1) is 6.00. The maximum atomic E-state index is 9.71. The first-order valence-electron chi connectivity index (χ1n) is 4.51. The molecule has 1 unspecified atom stereocenters. The lowest BCUT2D eigenvalue weighted by atomic mass is 9.93. The molecule has 1 aromatic rings. The molecule has 1 atom stereocenters. The number of aliphatic hydroxyl groups is 1. The van der Waals surface area contributed by atoms with Gasteiger partial charge in [0.25, 0.3) is 0 Å². The average Bonchev–Trinajstić information content (AvgIpc) is 2.04. The molecule has 0 radical (unpaired) electrons. The summed E-state index contributed by atoms with van der Waals surface area (Å²) < 4.78 is 0. The van der Waals surface area contributed by atoms with E-state index in [1.807, 2.05) is 44.2 Å². The molecule has 14 heavy (non-hydrogen) atoms. The molecule has 2 nitrogen and oxygen atoms in total. The van der Waals surface area contributed by atoms with Crippen molar-refractivity contribution >= 4 is 12.4 Å². The maximum absolute atomic E-state index is 9.71. The second-order valence-electron chi connectivity index (χ2n) is 4.03. The molecule has 0 aliphatic heterocycles. The molecule has 0 amide bonds. The second-order valence-corrected chi connectivity index (χ2v) is 4.03. The quantitative estimate of drug-likeness (QED) is 0.807. The number of rotatable bonds is 3. The van der Waals surface area contributed by atoms with Gasteiger partial charge in [-0.3, -0.25) is 0 Å². The summed E-state index contributed by atoms with van der Waals surface area (Å²) in [6.07, 6.45) is 0.125. The molecule has 3 N–H and O–H groups in total. The van der Waals surface area contributed by atoms with Crippen molar-refractivity contribution in [2.75, 3.05) is 0 Å². The highest BCUT2D eigenvalue weighted by Gasteiger charge is 2.22. The van der Waals surface area contributed by atoms with Crippen molar-refractivity contribution in [3.05, 3.63) is 35.9 Å². The van der Waals surface area contributed by atoms with E-state index in [1.54, 1.807) is 0 Å². The molecule has 0 aromatic heterocycles. The molecule has 80 valence electrons. The highest BCUT2D eigenvalue weighted by atomic mass is 35.5. The van der Waals surface area contributed by atoms with Crippen LogP contribution in [0.2, 0.25) is 0 Å². The van der Waals surface area contributed by atoms with Crippen LogP contribution in [0.5, 0.6) is 0 Å². The van der Waals surface area contributed by atoms with Gasteiger partial charge in [-0.15, -0.1) is 12.4 Å². The molecule has 0 spiro atoms. The van der Waals surface area contributed by atoms with Gasteiger partial charge in [0.1, 0.15) is 0 Å². The molecular weight excluding hydrogens is 198 g/mol. The fourth-order valence-corrected chi connectivity index (χ4v) is 1.10. The zero-order valence-electron chi connectivity index (χ0n) is 8.60. The molecule has 1 aromatic carbocycles. The lowest BCUT2D eigenvalue weighted by Gasteiger charge is -2.25. The number of benzene rings is 1. The van der Waals surface area contributed by atoms with Crippen LogP contribution in [0.1, 0.15) is 19.4 Å². The Bertz CT molecular complexity index is 256. The minimum atomic E-state index is -0.532. The number of aliphatic hydroxyl groups excluding tert-OH is 1. The van der Waals surface area contributed by atoms with E-state index in [2.05, 4.69) is 0 Å². The van der Waals surface area contributed by atoms with Gasteiger partial charge in [-0.25, -0.2) is 0 Å². The van der Waals surface area contributed by atoms with Gasteiger partial charge in [0.05, 0.1) is 6.10 Å². The Morgan fingerprint density at radius 2 is 1.79 bits per heavy atom. The molecule has 3 heteroatoms. The topological polar surface area (TPSA) is 46.2 Å². The highest BCUT2D eigenvalue weighted by Crippen LogP contribution is 2.11. The summed E-state index contributed by atoms with van der Waals surface area (Å²) in [6.45, 7) is 3.67. The van der Waals surface area contributed by atoms with Crippen LogP contribution in [0.3, 0.4) is 0 Å². The number of halogens is 1. The molecule has 0 saturated carbocycles. The third kappa shape index (κ3) is 4.09. The predicted octanol–water partition coefficient (Wildman–Crippen LogP) is 1.75. The van der Waals surface area contributed by atoms with Gasteiger partial charge in [-0.2, -0.15) is 0 Å². The Labute approximate surface area is 91.5 Å². The summed E-state index contributed by atoms with van der Waals surface area (Å²) in [5.74, 6) is 0. The van der Waals surface area contributed by atoms with Gasteiger partial charge in [0, 0.05) is 12.0 Å². The predicted molar refractivity (Wildman–Crippen MR) is 61.7 cm³/mol. The number of hydrogen-bond acceptors (Lipinski definition) is 2. The van der Waals surface area contributed by atoms with Gasteiger partial charge >= 0.3 is 0 Å². The Hall–Kier alpha value is -0.570. The Balaban J connectivity index is 0.00000169. The second kappa shape index (κ2) is 5.35.